The molecule has 6 rings (SSSR count). The molecule has 1 aliphatic heterocycles. The summed E-state index contributed by atoms with van der Waals surface area (Å²) in [5, 5.41) is 0.411. The third kappa shape index (κ3) is 5.16. The van der Waals surface area contributed by atoms with Crippen LogP contribution in [-0.2, 0) is 21.4 Å². The molecule has 0 bridgehead atoms. The molecule has 240 valence electrons. The molecule has 1 aliphatic rings. The maximum Gasteiger partial charge on any atom is 0.306 e. The number of nitrogens with zero attached hydrogens (tertiary/aromatic N) is 1. The standard InChI is InChI=1S/C33H28F5N3O4S/c1-4-43-24(42)11-8-17-6-5-7-21-28(17)44-16-33(37,38)32(21,2)23-15-40-31(41-23)20-14-18(9-10-22(20)34)45-29-26(36)25(35)27-19(12-13-39-27)30(29)46-3/h5-7,9-10,12-15,39H,4,8,11,16H2,1-3H3,(H,40,41). The number of imidazole rings is 1. The monoisotopic (exact) mass is 657 g/mol. The Morgan fingerprint density at radius 1 is 1.13 bits per heavy atom. The Hall–Kier alpha value is -4.52. The minimum absolute atomic E-state index is 0.0109. The fourth-order valence-electron chi connectivity index (χ4n) is 5.71. The van der Waals surface area contributed by atoms with Crippen LogP contribution in [0.1, 0.15) is 37.1 Å². The number of fused-ring (bicyclic) bond motifs is 2. The van der Waals surface area contributed by atoms with E-state index in [9.17, 15) is 9.18 Å². The van der Waals surface area contributed by atoms with E-state index in [0.717, 1.165) is 17.8 Å². The molecule has 5 aromatic rings. The number of H-pyrrole nitrogens is 2. The van der Waals surface area contributed by atoms with Gasteiger partial charge < -0.3 is 24.2 Å². The second-order valence-electron chi connectivity index (χ2n) is 10.9. The van der Waals surface area contributed by atoms with Crippen molar-refractivity contribution in [2.24, 2.45) is 0 Å². The molecule has 3 aromatic carbocycles. The van der Waals surface area contributed by atoms with E-state index in [0.29, 0.717) is 15.8 Å². The van der Waals surface area contributed by atoms with E-state index in [2.05, 4.69) is 15.0 Å². The molecule has 0 saturated heterocycles. The number of hydrogen-bond acceptors (Lipinski definition) is 6. The zero-order valence-electron chi connectivity index (χ0n) is 24.9. The second-order valence-corrected chi connectivity index (χ2v) is 11.7. The van der Waals surface area contributed by atoms with Gasteiger partial charge in [0.25, 0.3) is 5.92 Å². The largest absolute Gasteiger partial charge is 0.487 e. The minimum atomic E-state index is -3.42. The van der Waals surface area contributed by atoms with Crippen LogP contribution in [-0.4, -0.2) is 46.3 Å². The second kappa shape index (κ2) is 12.0. The van der Waals surface area contributed by atoms with Crippen molar-refractivity contribution in [3.05, 3.63) is 89.1 Å². The third-order valence-corrected chi connectivity index (χ3v) is 9.02. The lowest BCUT2D eigenvalue weighted by molar-refractivity contribution is -0.143. The van der Waals surface area contributed by atoms with Crippen molar-refractivity contribution in [1.29, 1.82) is 0 Å². The van der Waals surface area contributed by atoms with Gasteiger partial charge in [0, 0.05) is 29.8 Å². The number of alkyl halides is 2. The number of carbonyl (C=O) groups is 1. The number of halogens is 5. The van der Waals surface area contributed by atoms with Gasteiger partial charge in [-0.05, 0) is 56.4 Å². The van der Waals surface area contributed by atoms with Gasteiger partial charge in [0.05, 0.1) is 28.3 Å². The van der Waals surface area contributed by atoms with Crippen LogP contribution in [0.2, 0.25) is 0 Å². The summed E-state index contributed by atoms with van der Waals surface area (Å²) in [4.78, 5) is 22.0. The number of ether oxygens (including phenoxy) is 3. The van der Waals surface area contributed by atoms with Crippen LogP contribution in [0.25, 0.3) is 22.3 Å². The molecular weight excluding hydrogens is 629 g/mol. The Kier molecular flexibility index (Phi) is 8.21. The fraction of sp³-hybridized carbons (Fsp3) is 0.273. The van der Waals surface area contributed by atoms with E-state index in [1.165, 1.54) is 37.5 Å². The highest BCUT2D eigenvalue weighted by Gasteiger charge is 2.58. The van der Waals surface area contributed by atoms with Crippen LogP contribution >= 0.6 is 11.8 Å². The Labute approximate surface area is 264 Å². The molecule has 13 heteroatoms. The fourth-order valence-corrected chi connectivity index (χ4v) is 6.41. The summed E-state index contributed by atoms with van der Waals surface area (Å²) >= 11 is 1.15. The number of aromatic nitrogens is 3. The molecule has 1 unspecified atom stereocenters. The Morgan fingerprint density at radius 3 is 2.70 bits per heavy atom. The first-order valence-electron chi connectivity index (χ1n) is 14.3. The predicted octanol–water partition coefficient (Wildman–Crippen LogP) is 8.32. The number of hydrogen-bond donors (Lipinski definition) is 2. The van der Waals surface area contributed by atoms with Crippen LogP contribution < -0.4 is 9.47 Å². The van der Waals surface area contributed by atoms with Gasteiger partial charge in [0.2, 0.25) is 5.82 Å². The highest BCUT2D eigenvalue weighted by atomic mass is 32.2. The highest BCUT2D eigenvalue weighted by molar-refractivity contribution is 7.99. The molecule has 0 saturated carbocycles. The van der Waals surface area contributed by atoms with Crippen molar-refractivity contribution in [1.82, 2.24) is 15.0 Å². The normalized spacial score (nSPS) is 17.0. The summed E-state index contributed by atoms with van der Waals surface area (Å²) in [6.07, 6.45) is 4.63. The summed E-state index contributed by atoms with van der Waals surface area (Å²) in [6.45, 7) is 2.32. The molecule has 2 aromatic heterocycles. The Balaban J connectivity index is 1.36. The summed E-state index contributed by atoms with van der Waals surface area (Å²) < 4.78 is 92.9. The lowest BCUT2D eigenvalue weighted by Gasteiger charge is -2.42. The van der Waals surface area contributed by atoms with E-state index >= 15 is 17.6 Å². The summed E-state index contributed by atoms with van der Waals surface area (Å²) in [5.74, 6) is -7.19. The summed E-state index contributed by atoms with van der Waals surface area (Å²) in [5.41, 5.74) is -1.41. The number of rotatable bonds is 9. The van der Waals surface area contributed by atoms with Crippen LogP contribution in [0.5, 0.6) is 17.2 Å². The Bertz CT molecular complexity index is 1960. The van der Waals surface area contributed by atoms with E-state index < -0.39 is 41.4 Å². The average Bonchev–Trinajstić information content (AvgIpc) is 3.73. The molecule has 1 atom stereocenters. The zero-order chi connectivity index (χ0) is 32.8. The zero-order valence-corrected chi connectivity index (χ0v) is 25.7. The molecule has 2 N–H and O–H groups in total. The average molecular weight is 658 g/mol. The number of nitrogens with one attached hydrogen (secondary N) is 2. The molecular formula is C33H28F5N3O4S. The number of aromatic amines is 2. The molecule has 0 aliphatic carbocycles. The van der Waals surface area contributed by atoms with Crippen molar-refractivity contribution in [2.45, 2.75) is 42.9 Å². The molecule has 7 nitrogen and oxygen atoms in total. The van der Waals surface area contributed by atoms with E-state index in [-0.39, 0.29) is 64.9 Å². The van der Waals surface area contributed by atoms with Crippen molar-refractivity contribution >= 4 is 28.6 Å². The van der Waals surface area contributed by atoms with Crippen molar-refractivity contribution in [2.75, 3.05) is 19.5 Å². The number of aryl methyl sites for hydroxylation is 1. The number of carbonyl (C=O) groups excluding carboxylic acids is 1. The predicted molar refractivity (Wildman–Crippen MR) is 162 cm³/mol. The van der Waals surface area contributed by atoms with Crippen molar-refractivity contribution < 1.29 is 41.0 Å². The minimum Gasteiger partial charge on any atom is -0.487 e. The highest BCUT2D eigenvalue weighted by Crippen LogP contribution is 2.52. The van der Waals surface area contributed by atoms with Crippen LogP contribution in [0.15, 0.2) is 59.8 Å². The van der Waals surface area contributed by atoms with E-state index in [1.54, 1.807) is 31.4 Å². The first-order valence-corrected chi connectivity index (χ1v) is 15.6. The van der Waals surface area contributed by atoms with Crippen LogP contribution in [0.3, 0.4) is 0 Å². The Morgan fingerprint density at radius 2 is 1.93 bits per heavy atom. The smallest absolute Gasteiger partial charge is 0.306 e. The quantitative estimate of drug-likeness (QED) is 0.0942. The molecule has 0 spiro atoms. The molecule has 0 radical (unpaired) electrons. The van der Waals surface area contributed by atoms with Crippen molar-refractivity contribution in [3.8, 4) is 28.6 Å². The summed E-state index contributed by atoms with van der Waals surface area (Å²) in [7, 11) is 0. The van der Waals surface area contributed by atoms with Gasteiger partial charge in [0.1, 0.15) is 28.6 Å². The number of benzene rings is 3. The van der Waals surface area contributed by atoms with Crippen LogP contribution in [0.4, 0.5) is 22.0 Å². The van der Waals surface area contributed by atoms with Gasteiger partial charge in [-0.25, -0.2) is 22.5 Å². The van der Waals surface area contributed by atoms with E-state index in [4.69, 9.17) is 14.2 Å². The number of thioether (sulfide) groups is 1. The van der Waals surface area contributed by atoms with Crippen molar-refractivity contribution in [3.63, 3.8) is 0 Å². The number of para-hydroxylation sites is 1. The molecule has 0 amide bonds. The molecule has 46 heavy (non-hydrogen) atoms. The lowest BCUT2D eigenvalue weighted by atomic mass is 9.72. The van der Waals surface area contributed by atoms with Gasteiger partial charge >= 0.3 is 5.97 Å². The van der Waals surface area contributed by atoms with Gasteiger partial charge in [-0.15, -0.1) is 11.8 Å². The number of esters is 1. The van der Waals surface area contributed by atoms with Crippen LogP contribution in [0, 0.1) is 17.5 Å². The SMILES string of the molecule is CCOC(=O)CCc1cccc2c1OCC(F)(F)C2(C)c1cnc(-c2cc(Oc3c(F)c(F)c4[nH]ccc4c3SC)ccc2F)[nH]1. The van der Waals surface area contributed by atoms with Gasteiger partial charge in [-0.1, -0.05) is 18.2 Å². The molecule has 0 fully saturated rings. The first kappa shape index (κ1) is 31.5. The maximum atomic E-state index is 15.8. The maximum absolute atomic E-state index is 15.8. The third-order valence-electron chi connectivity index (χ3n) is 8.21. The molecule has 3 heterocycles. The lowest BCUT2D eigenvalue weighted by Crippen LogP contribution is -2.51. The first-order chi connectivity index (χ1) is 22.0. The summed E-state index contributed by atoms with van der Waals surface area (Å²) in [6, 6.07) is 9.95. The van der Waals surface area contributed by atoms with Gasteiger partial charge in [-0.2, -0.15) is 4.39 Å². The van der Waals surface area contributed by atoms with Gasteiger partial charge in [0.15, 0.2) is 18.2 Å². The van der Waals surface area contributed by atoms with E-state index in [1.807, 2.05) is 0 Å². The topological polar surface area (TPSA) is 89.2 Å². The van der Waals surface area contributed by atoms with Gasteiger partial charge in [-0.3, -0.25) is 4.79 Å².